The standard InChI is InChI=1S/C46H53N9O6/c1-26(2)39(52-45(58)60-5)43(56)54-19-7-8-37(54)41-48-23-35(50-41)32-15-11-30-12-17-33(21-34(30)18-16-32)29-9-13-31(14-10-29)36-24-49-42(51-36)38-20-28(22-47)25-55(38)44(57)40(27(3)4)53-46(59)61-6/h9-10,12-18,21,23-24,26-28,37-40H,7-8,11,19-20,25H2,1-6H3,(H,48,50)(H,49,51)(H,52,58)(H,53,59)/t28?,37-,38-,39-,40-/m0/s1. The SMILES string of the molecule is COC(=O)N[C@H](C(=O)N1CCC[C@H]1c1ncc(C2=CCc3ccc(-c4ccc(-c5cnc([C@@H]6CC(C#N)CN6C(=O)[C@@H](NC(=O)OC)C(C)C)[nH]5)cc4)cc3C=C2)[nH]1)C(C)C. The zero-order chi connectivity index (χ0) is 43.4. The number of amides is 4. The molecule has 2 saturated heterocycles. The summed E-state index contributed by atoms with van der Waals surface area (Å²) < 4.78 is 9.53. The van der Waals surface area contributed by atoms with E-state index in [4.69, 9.17) is 14.5 Å². The van der Waals surface area contributed by atoms with Gasteiger partial charge in [0.25, 0.3) is 0 Å². The third-order valence-electron chi connectivity index (χ3n) is 11.9. The predicted molar refractivity (Wildman–Crippen MR) is 229 cm³/mol. The highest BCUT2D eigenvalue weighted by atomic mass is 16.5. The van der Waals surface area contributed by atoms with Crippen LogP contribution in [-0.2, 0) is 25.5 Å². The number of fused-ring (bicyclic) bond motifs is 1. The number of imidazole rings is 2. The number of alkyl carbamates (subject to hydrolysis) is 2. The van der Waals surface area contributed by atoms with E-state index in [1.54, 1.807) is 11.1 Å². The van der Waals surface area contributed by atoms with Crippen molar-refractivity contribution in [1.29, 1.82) is 5.26 Å². The Morgan fingerprint density at radius 1 is 0.787 bits per heavy atom. The largest absolute Gasteiger partial charge is 0.453 e. The minimum atomic E-state index is -0.808. The number of nitrogens with zero attached hydrogens (tertiary/aromatic N) is 5. The van der Waals surface area contributed by atoms with Gasteiger partial charge >= 0.3 is 12.2 Å². The lowest BCUT2D eigenvalue weighted by Crippen LogP contribution is -2.51. The zero-order valence-electron chi connectivity index (χ0n) is 35.4. The minimum Gasteiger partial charge on any atom is -0.453 e. The number of H-pyrrole nitrogens is 2. The van der Waals surface area contributed by atoms with Crippen molar-refractivity contribution in [2.75, 3.05) is 27.3 Å². The van der Waals surface area contributed by atoms with E-state index in [1.807, 2.05) is 50.9 Å². The molecule has 2 aromatic carbocycles. The first-order valence-corrected chi connectivity index (χ1v) is 20.8. The van der Waals surface area contributed by atoms with Gasteiger partial charge in [0.1, 0.15) is 23.7 Å². The number of hydrogen-bond acceptors (Lipinski definition) is 9. The van der Waals surface area contributed by atoms with Crippen LogP contribution in [0.3, 0.4) is 0 Å². The number of benzene rings is 2. The molecule has 0 bridgehead atoms. The lowest BCUT2D eigenvalue weighted by Gasteiger charge is -2.30. The summed E-state index contributed by atoms with van der Waals surface area (Å²) in [5.41, 5.74) is 8.02. The third kappa shape index (κ3) is 9.08. The van der Waals surface area contributed by atoms with Crippen molar-refractivity contribution in [2.24, 2.45) is 17.8 Å². The lowest BCUT2D eigenvalue weighted by atomic mass is 9.97. The van der Waals surface area contributed by atoms with E-state index in [0.717, 1.165) is 64.3 Å². The molecule has 0 radical (unpaired) electrons. The molecular formula is C46H53N9O6. The molecule has 4 amide bonds. The molecule has 0 spiro atoms. The first-order valence-electron chi connectivity index (χ1n) is 20.8. The van der Waals surface area contributed by atoms with Crippen molar-refractivity contribution >= 4 is 35.6 Å². The second-order valence-corrected chi connectivity index (χ2v) is 16.5. The smallest absolute Gasteiger partial charge is 0.407 e. The molecule has 2 fully saturated rings. The molecule has 0 saturated carbocycles. The number of aromatic nitrogens is 4. The van der Waals surface area contributed by atoms with Crippen LogP contribution in [0.15, 0.2) is 67.0 Å². The molecule has 7 rings (SSSR count). The van der Waals surface area contributed by atoms with Crippen molar-refractivity contribution in [3.05, 3.63) is 95.5 Å². The number of carbonyl (C=O) groups excluding carboxylic acids is 4. The average Bonchev–Trinajstić information content (AvgIpc) is 4.10. The number of nitriles is 1. The summed E-state index contributed by atoms with van der Waals surface area (Å²) in [4.78, 5) is 71.1. The highest BCUT2D eigenvalue weighted by molar-refractivity contribution is 5.87. The molecule has 1 unspecified atom stereocenters. The van der Waals surface area contributed by atoms with Gasteiger partial charge in [0, 0.05) is 13.1 Å². The van der Waals surface area contributed by atoms with Gasteiger partial charge in [0.05, 0.1) is 62.1 Å². The van der Waals surface area contributed by atoms with Gasteiger partial charge in [0.15, 0.2) is 0 Å². The first kappa shape index (κ1) is 42.4. The van der Waals surface area contributed by atoms with Gasteiger partial charge in [-0.05, 0) is 77.0 Å². The summed E-state index contributed by atoms with van der Waals surface area (Å²) >= 11 is 0. The molecule has 3 aliphatic rings. The molecule has 4 heterocycles. The van der Waals surface area contributed by atoms with Crippen LogP contribution in [-0.4, -0.2) is 93.1 Å². The van der Waals surface area contributed by atoms with E-state index in [-0.39, 0.29) is 42.2 Å². The second kappa shape index (κ2) is 18.3. The summed E-state index contributed by atoms with van der Waals surface area (Å²) in [6.07, 6.45) is 11.4. The number of ether oxygens (including phenoxy) is 2. The topological polar surface area (TPSA) is 198 Å². The van der Waals surface area contributed by atoms with Gasteiger partial charge in [-0.1, -0.05) is 82.3 Å². The van der Waals surface area contributed by atoms with Crippen molar-refractivity contribution in [1.82, 2.24) is 40.4 Å². The molecule has 61 heavy (non-hydrogen) atoms. The lowest BCUT2D eigenvalue weighted by molar-refractivity contribution is -0.136. The van der Waals surface area contributed by atoms with Gasteiger partial charge in [0.2, 0.25) is 11.8 Å². The Labute approximate surface area is 355 Å². The van der Waals surface area contributed by atoms with Crippen molar-refractivity contribution in [3.8, 4) is 28.5 Å². The van der Waals surface area contributed by atoms with E-state index >= 15 is 0 Å². The van der Waals surface area contributed by atoms with Crippen LogP contribution in [0.5, 0.6) is 0 Å². The molecule has 5 atom stereocenters. The Hall–Kier alpha value is -6.69. The Bertz CT molecular complexity index is 2370. The van der Waals surface area contributed by atoms with Crippen molar-refractivity contribution < 1.29 is 28.7 Å². The number of allylic oxidation sites excluding steroid dienone is 3. The van der Waals surface area contributed by atoms with Crippen LogP contribution >= 0.6 is 0 Å². The molecule has 15 nitrogen and oxygen atoms in total. The second-order valence-electron chi connectivity index (χ2n) is 16.5. The molecule has 2 aliphatic heterocycles. The maximum atomic E-state index is 13.7. The number of aromatic amines is 2. The van der Waals surface area contributed by atoms with E-state index in [1.165, 1.54) is 19.8 Å². The van der Waals surface area contributed by atoms with Gasteiger partial charge in [-0.2, -0.15) is 5.26 Å². The predicted octanol–water partition coefficient (Wildman–Crippen LogP) is 6.96. The summed E-state index contributed by atoms with van der Waals surface area (Å²) in [6.45, 7) is 8.34. The third-order valence-corrected chi connectivity index (χ3v) is 11.9. The summed E-state index contributed by atoms with van der Waals surface area (Å²) in [5.74, 6) is 0.215. The summed E-state index contributed by atoms with van der Waals surface area (Å²) in [6, 6.07) is 14.8. The Balaban J connectivity index is 1.03. The van der Waals surface area contributed by atoms with Crippen LogP contribution < -0.4 is 10.6 Å². The Morgan fingerprint density at radius 3 is 2.02 bits per heavy atom. The van der Waals surface area contributed by atoms with Crippen molar-refractivity contribution in [2.45, 2.75) is 77.5 Å². The summed E-state index contributed by atoms with van der Waals surface area (Å²) in [7, 11) is 2.55. The van der Waals surface area contributed by atoms with Gasteiger partial charge in [-0.3, -0.25) is 9.59 Å². The van der Waals surface area contributed by atoms with Crippen LogP contribution in [0.4, 0.5) is 9.59 Å². The fourth-order valence-corrected chi connectivity index (χ4v) is 8.43. The Morgan fingerprint density at radius 2 is 1.38 bits per heavy atom. The maximum absolute atomic E-state index is 13.7. The molecule has 4 N–H and O–H groups in total. The maximum Gasteiger partial charge on any atom is 0.407 e. The van der Waals surface area contributed by atoms with Crippen molar-refractivity contribution in [3.63, 3.8) is 0 Å². The highest BCUT2D eigenvalue weighted by Crippen LogP contribution is 2.37. The fraction of sp³-hybridized carbons (Fsp3) is 0.413. The average molecular weight is 828 g/mol. The van der Waals surface area contributed by atoms with E-state index in [0.29, 0.717) is 18.8 Å². The summed E-state index contributed by atoms with van der Waals surface area (Å²) in [5, 5.41) is 15.1. The Kier molecular flexibility index (Phi) is 12.7. The van der Waals surface area contributed by atoms with Crippen LogP contribution in [0, 0.1) is 29.1 Å². The highest BCUT2D eigenvalue weighted by Gasteiger charge is 2.42. The quantitative estimate of drug-likeness (QED) is 0.124. The van der Waals surface area contributed by atoms with Crippen LogP contribution in [0.2, 0.25) is 0 Å². The van der Waals surface area contributed by atoms with E-state index in [9.17, 15) is 24.4 Å². The number of carbonyl (C=O) groups is 4. The number of nitrogens with one attached hydrogen (secondary N) is 4. The molecule has 15 heteroatoms. The van der Waals surface area contributed by atoms with Gasteiger partial charge < -0.3 is 39.9 Å². The number of rotatable bonds is 11. The zero-order valence-corrected chi connectivity index (χ0v) is 35.4. The molecule has 2 aromatic heterocycles. The first-order chi connectivity index (χ1) is 29.4. The minimum absolute atomic E-state index is 0.113. The number of hydrogen-bond donors (Lipinski definition) is 4. The molecule has 1 aliphatic carbocycles. The monoisotopic (exact) mass is 827 g/mol. The number of likely N-dealkylation sites (tertiary alicyclic amines) is 2. The molecular weight excluding hydrogens is 775 g/mol. The van der Waals surface area contributed by atoms with E-state index < -0.39 is 30.3 Å². The number of methoxy groups -OCH3 is 2. The van der Waals surface area contributed by atoms with E-state index in [2.05, 4.69) is 80.2 Å². The van der Waals surface area contributed by atoms with Gasteiger partial charge in [-0.25, -0.2) is 19.6 Å². The molecule has 318 valence electrons. The van der Waals surface area contributed by atoms with Gasteiger partial charge in [-0.15, -0.1) is 0 Å². The van der Waals surface area contributed by atoms with Crippen LogP contribution in [0.25, 0.3) is 34.0 Å². The van der Waals surface area contributed by atoms with Crippen LogP contribution in [0.1, 0.15) is 87.5 Å². The normalized spacial score (nSPS) is 19.5. The fourth-order valence-electron chi connectivity index (χ4n) is 8.43. The molecule has 4 aromatic rings.